The fraction of sp³-hybridized carbons (Fsp3) is 0.583. The molecule has 2 aromatic rings. The van der Waals surface area contributed by atoms with Crippen LogP contribution in [-0.2, 0) is 4.74 Å². The van der Waals surface area contributed by atoms with E-state index < -0.39 is 0 Å². The van der Waals surface area contributed by atoms with E-state index in [-0.39, 0.29) is 6.10 Å². The van der Waals surface area contributed by atoms with Crippen LogP contribution < -0.4 is 20.3 Å². The normalized spacial score (nSPS) is 24.5. The standard InChI is InChI=1S/C24H32N6O2/c1-16-23-21(30-8-10-31-11-9-30)2-5-26-24(23)28-20-12-19(27-15-22(20)32-16)17-3-6-29(7-4-17)18-13-25-14-18/h2,5,12,15-18,25H,3-4,6-11,13-14H2,1H3,(H,26,28)/t16-/m1/s1. The Morgan fingerprint density at radius 3 is 2.62 bits per heavy atom. The van der Waals surface area contributed by atoms with E-state index in [1.165, 1.54) is 5.69 Å². The molecule has 0 bridgehead atoms. The summed E-state index contributed by atoms with van der Waals surface area (Å²) in [6, 6.07) is 5.01. The average Bonchev–Trinajstić information content (AvgIpc) is 2.94. The van der Waals surface area contributed by atoms with Crippen molar-refractivity contribution in [1.82, 2.24) is 20.2 Å². The molecule has 2 aromatic heterocycles. The lowest BCUT2D eigenvalue weighted by atomic mass is 9.91. The summed E-state index contributed by atoms with van der Waals surface area (Å²) in [4.78, 5) is 14.5. The lowest BCUT2D eigenvalue weighted by molar-refractivity contribution is 0.112. The van der Waals surface area contributed by atoms with E-state index >= 15 is 0 Å². The molecule has 0 radical (unpaired) electrons. The fourth-order valence-corrected chi connectivity index (χ4v) is 5.39. The number of ether oxygens (including phenoxy) is 2. The molecule has 3 fully saturated rings. The molecular weight excluding hydrogens is 404 g/mol. The van der Waals surface area contributed by atoms with Gasteiger partial charge in [0.25, 0.3) is 0 Å². The molecule has 3 saturated heterocycles. The number of fused-ring (bicyclic) bond motifs is 2. The number of anilines is 3. The summed E-state index contributed by atoms with van der Waals surface area (Å²) in [6.45, 7) is 9.97. The molecule has 170 valence electrons. The van der Waals surface area contributed by atoms with Crippen molar-refractivity contribution in [1.29, 1.82) is 0 Å². The summed E-state index contributed by atoms with van der Waals surface area (Å²) in [5.41, 5.74) is 4.41. The third-order valence-corrected chi connectivity index (χ3v) is 7.39. The first-order chi connectivity index (χ1) is 15.8. The van der Waals surface area contributed by atoms with Crippen molar-refractivity contribution < 1.29 is 9.47 Å². The topological polar surface area (TPSA) is 74.8 Å². The number of aromatic nitrogens is 2. The van der Waals surface area contributed by atoms with Crippen LogP contribution in [0, 0.1) is 0 Å². The lowest BCUT2D eigenvalue weighted by Gasteiger charge is -2.42. The van der Waals surface area contributed by atoms with E-state index in [9.17, 15) is 0 Å². The molecule has 4 aliphatic rings. The van der Waals surface area contributed by atoms with Gasteiger partial charge in [-0.3, -0.25) is 9.88 Å². The predicted molar refractivity (Wildman–Crippen MR) is 124 cm³/mol. The molecule has 0 spiro atoms. The molecule has 0 amide bonds. The van der Waals surface area contributed by atoms with E-state index in [4.69, 9.17) is 14.5 Å². The monoisotopic (exact) mass is 436 g/mol. The zero-order valence-corrected chi connectivity index (χ0v) is 18.7. The Kier molecular flexibility index (Phi) is 5.37. The SMILES string of the molecule is C[C@H]1Oc2cnc(C3CCN(C4CNC4)CC3)cc2Nc2nccc(N3CCOCC3)c21. The van der Waals surface area contributed by atoms with Gasteiger partial charge in [-0.05, 0) is 45.0 Å². The molecule has 32 heavy (non-hydrogen) atoms. The number of nitrogens with zero attached hydrogens (tertiary/aromatic N) is 4. The van der Waals surface area contributed by atoms with Crippen LogP contribution in [0.5, 0.6) is 5.75 Å². The third kappa shape index (κ3) is 3.70. The van der Waals surface area contributed by atoms with E-state index in [2.05, 4.69) is 44.5 Å². The number of piperidine rings is 1. The van der Waals surface area contributed by atoms with Gasteiger partial charge in [-0.15, -0.1) is 0 Å². The first kappa shape index (κ1) is 20.2. The van der Waals surface area contributed by atoms with Crippen molar-refractivity contribution in [3.8, 4) is 5.75 Å². The molecule has 0 aromatic carbocycles. The molecule has 1 atom stereocenters. The molecule has 0 unspecified atom stereocenters. The quantitative estimate of drug-likeness (QED) is 0.761. The highest BCUT2D eigenvalue weighted by atomic mass is 16.5. The van der Waals surface area contributed by atoms with Gasteiger partial charge in [-0.25, -0.2) is 4.98 Å². The van der Waals surface area contributed by atoms with Gasteiger partial charge >= 0.3 is 0 Å². The smallest absolute Gasteiger partial charge is 0.161 e. The van der Waals surface area contributed by atoms with Crippen molar-refractivity contribution in [2.24, 2.45) is 0 Å². The zero-order chi connectivity index (χ0) is 21.5. The van der Waals surface area contributed by atoms with Crippen molar-refractivity contribution in [2.75, 3.05) is 62.7 Å². The molecular formula is C24H32N6O2. The molecule has 8 nitrogen and oxygen atoms in total. The predicted octanol–water partition coefficient (Wildman–Crippen LogP) is 2.66. The Morgan fingerprint density at radius 1 is 1.06 bits per heavy atom. The second-order valence-corrected chi connectivity index (χ2v) is 9.30. The minimum absolute atomic E-state index is 0.114. The Hall–Kier alpha value is -2.42. The van der Waals surface area contributed by atoms with Crippen LogP contribution >= 0.6 is 0 Å². The van der Waals surface area contributed by atoms with Gasteiger partial charge in [-0.1, -0.05) is 0 Å². The van der Waals surface area contributed by atoms with Crippen LogP contribution in [0.25, 0.3) is 0 Å². The minimum Gasteiger partial charge on any atom is -0.482 e. The second-order valence-electron chi connectivity index (χ2n) is 9.30. The Morgan fingerprint density at radius 2 is 1.88 bits per heavy atom. The van der Waals surface area contributed by atoms with Crippen LogP contribution in [0.4, 0.5) is 17.2 Å². The highest BCUT2D eigenvalue weighted by molar-refractivity contribution is 5.73. The van der Waals surface area contributed by atoms with E-state index in [1.807, 2.05) is 12.4 Å². The molecule has 6 rings (SSSR count). The number of likely N-dealkylation sites (tertiary alicyclic amines) is 1. The number of pyridine rings is 2. The summed E-state index contributed by atoms with van der Waals surface area (Å²) < 4.78 is 11.9. The zero-order valence-electron chi connectivity index (χ0n) is 18.7. The Labute approximate surface area is 189 Å². The number of morpholine rings is 1. The highest BCUT2D eigenvalue weighted by Crippen LogP contribution is 2.43. The van der Waals surface area contributed by atoms with Gasteiger partial charge < -0.3 is 25.0 Å². The van der Waals surface area contributed by atoms with Gasteiger partial charge in [0.05, 0.1) is 30.7 Å². The van der Waals surface area contributed by atoms with Crippen molar-refractivity contribution >= 4 is 17.2 Å². The summed E-state index contributed by atoms with van der Waals surface area (Å²) in [7, 11) is 0. The number of hydrogen-bond donors (Lipinski definition) is 2. The molecule has 2 N–H and O–H groups in total. The summed E-state index contributed by atoms with van der Waals surface area (Å²) in [5.74, 6) is 2.18. The summed E-state index contributed by atoms with van der Waals surface area (Å²) >= 11 is 0. The molecule has 6 heterocycles. The average molecular weight is 437 g/mol. The Balaban J connectivity index is 1.24. The van der Waals surface area contributed by atoms with Crippen LogP contribution in [-0.4, -0.2) is 73.4 Å². The van der Waals surface area contributed by atoms with Crippen molar-refractivity contribution in [3.63, 3.8) is 0 Å². The van der Waals surface area contributed by atoms with Crippen LogP contribution in [0.15, 0.2) is 24.5 Å². The van der Waals surface area contributed by atoms with Crippen LogP contribution in [0.3, 0.4) is 0 Å². The van der Waals surface area contributed by atoms with E-state index in [0.29, 0.717) is 5.92 Å². The van der Waals surface area contributed by atoms with E-state index in [0.717, 1.165) is 99.9 Å². The lowest BCUT2D eigenvalue weighted by Crippen LogP contribution is -2.58. The minimum atomic E-state index is -0.114. The largest absolute Gasteiger partial charge is 0.482 e. The third-order valence-electron chi connectivity index (χ3n) is 7.39. The van der Waals surface area contributed by atoms with Crippen LogP contribution in [0.2, 0.25) is 0 Å². The maximum Gasteiger partial charge on any atom is 0.161 e. The van der Waals surface area contributed by atoms with Crippen molar-refractivity contribution in [3.05, 3.63) is 35.8 Å². The molecule has 0 saturated carbocycles. The second kappa shape index (κ2) is 8.50. The van der Waals surface area contributed by atoms with Gasteiger partial charge in [0.1, 0.15) is 11.9 Å². The molecule has 0 aliphatic carbocycles. The molecule has 8 heteroatoms. The number of hydrogen-bond acceptors (Lipinski definition) is 8. The maximum absolute atomic E-state index is 6.39. The first-order valence-electron chi connectivity index (χ1n) is 12.0. The van der Waals surface area contributed by atoms with Gasteiger partial charge in [0.2, 0.25) is 0 Å². The number of nitrogens with one attached hydrogen (secondary N) is 2. The van der Waals surface area contributed by atoms with Crippen LogP contribution in [0.1, 0.15) is 43.0 Å². The van der Waals surface area contributed by atoms with Crippen molar-refractivity contribution in [2.45, 2.75) is 37.8 Å². The van der Waals surface area contributed by atoms with Gasteiger partial charge in [-0.2, -0.15) is 0 Å². The highest BCUT2D eigenvalue weighted by Gasteiger charge is 2.31. The summed E-state index contributed by atoms with van der Waals surface area (Å²) in [5, 5.41) is 6.97. The molecule has 4 aliphatic heterocycles. The van der Waals surface area contributed by atoms with E-state index in [1.54, 1.807) is 0 Å². The summed E-state index contributed by atoms with van der Waals surface area (Å²) in [6.07, 6.45) is 6.00. The Bertz CT molecular complexity index is 967. The maximum atomic E-state index is 6.39. The first-order valence-corrected chi connectivity index (χ1v) is 12.0. The fourth-order valence-electron chi connectivity index (χ4n) is 5.39. The van der Waals surface area contributed by atoms with Gasteiger partial charge in [0.15, 0.2) is 5.75 Å². The number of rotatable bonds is 3. The van der Waals surface area contributed by atoms with Gasteiger partial charge in [0, 0.05) is 55.7 Å².